The number of rotatable bonds is 3. The Morgan fingerprint density at radius 1 is 1.47 bits per heavy atom. The number of H-pyrrole nitrogens is 1. The van der Waals surface area contributed by atoms with E-state index in [1.54, 1.807) is 22.6 Å². The maximum atomic E-state index is 11.4. The molecule has 0 radical (unpaired) electrons. The first-order valence-corrected chi connectivity index (χ1v) is 6.71. The lowest BCUT2D eigenvalue weighted by Gasteiger charge is -2.07. The van der Waals surface area contributed by atoms with Gasteiger partial charge in [-0.15, -0.1) is 0 Å². The number of non-ortho nitro benzene ring substituents is 1. The van der Waals surface area contributed by atoms with Crippen LogP contribution in [0.15, 0.2) is 33.8 Å². The molecule has 1 N–H and O–H groups in total. The summed E-state index contributed by atoms with van der Waals surface area (Å²) in [5.41, 5.74) is -0.454. The Hall–Kier alpha value is -1.49. The van der Waals surface area contributed by atoms with Gasteiger partial charge in [0, 0.05) is 6.07 Å². The number of nitrogens with one attached hydrogen (secondary N) is 1. The standard InChI is InChI=1S/C10H5BrIN3O4/c11-6-2-1-5(15(17)18)3-7(6)19-10-8(12)9(16)13-4-14-10/h1-4H,(H,13,14,16). The van der Waals surface area contributed by atoms with Crippen LogP contribution in [-0.2, 0) is 0 Å². The molecule has 2 aromatic rings. The second kappa shape index (κ2) is 5.65. The summed E-state index contributed by atoms with van der Waals surface area (Å²) in [5, 5.41) is 10.7. The number of nitrogens with zero attached hydrogens (tertiary/aromatic N) is 2. The normalized spacial score (nSPS) is 10.2. The van der Waals surface area contributed by atoms with Gasteiger partial charge in [0.15, 0.2) is 5.75 Å². The second-order valence-corrected chi connectivity index (χ2v) is 5.26. The molecule has 0 unspecified atom stereocenters. The molecule has 0 amide bonds. The molecule has 0 bridgehead atoms. The predicted octanol–water partition coefficient (Wildman–Crippen LogP) is 2.84. The van der Waals surface area contributed by atoms with Crippen LogP contribution in [-0.4, -0.2) is 14.9 Å². The molecule has 0 aliphatic carbocycles. The van der Waals surface area contributed by atoms with Gasteiger partial charge < -0.3 is 9.72 Å². The van der Waals surface area contributed by atoms with Gasteiger partial charge in [0.1, 0.15) is 3.57 Å². The zero-order valence-corrected chi connectivity index (χ0v) is 12.8. The molecule has 0 spiro atoms. The van der Waals surface area contributed by atoms with E-state index in [4.69, 9.17) is 4.74 Å². The van der Waals surface area contributed by atoms with Crippen molar-refractivity contribution in [3.8, 4) is 11.6 Å². The van der Waals surface area contributed by atoms with Gasteiger partial charge in [-0.05, 0) is 44.6 Å². The van der Waals surface area contributed by atoms with Crippen LogP contribution in [0.25, 0.3) is 0 Å². The lowest BCUT2D eigenvalue weighted by atomic mass is 10.3. The third kappa shape index (κ3) is 3.10. The van der Waals surface area contributed by atoms with Gasteiger partial charge in [-0.2, -0.15) is 0 Å². The number of aromatic nitrogens is 2. The Balaban J connectivity index is 2.43. The quantitative estimate of drug-likeness (QED) is 0.452. The van der Waals surface area contributed by atoms with Crippen LogP contribution in [0.5, 0.6) is 11.6 Å². The van der Waals surface area contributed by atoms with E-state index in [1.807, 2.05) is 0 Å². The van der Waals surface area contributed by atoms with Crippen LogP contribution in [0.2, 0.25) is 0 Å². The van der Waals surface area contributed by atoms with Crippen molar-refractivity contribution in [2.45, 2.75) is 0 Å². The maximum Gasteiger partial charge on any atom is 0.273 e. The van der Waals surface area contributed by atoms with E-state index >= 15 is 0 Å². The van der Waals surface area contributed by atoms with Crippen LogP contribution in [0.1, 0.15) is 0 Å². The fourth-order valence-electron chi connectivity index (χ4n) is 1.23. The van der Waals surface area contributed by atoms with Crippen molar-refractivity contribution in [1.29, 1.82) is 0 Å². The molecule has 1 aromatic carbocycles. The average molecular weight is 438 g/mol. The SMILES string of the molecule is O=c1[nH]cnc(Oc2cc([N+](=O)[O-])ccc2Br)c1I. The van der Waals surface area contributed by atoms with E-state index < -0.39 is 4.92 Å². The molecule has 9 heteroatoms. The number of hydrogen-bond acceptors (Lipinski definition) is 5. The Kier molecular flexibility index (Phi) is 4.14. The summed E-state index contributed by atoms with van der Waals surface area (Å²) in [4.78, 5) is 27.8. The monoisotopic (exact) mass is 437 g/mol. The minimum atomic E-state index is -0.532. The Morgan fingerprint density at radius 3 is 2.89 bits per heavy atom. The maximum absolute atomic E-state index is 11.4. The third-order valence-electron chi connectivity index (χ3n) is 2.10. The lowest BCUT2D eigenvalue weighted by molar-refractivity contribution is -0.384. The second-order valence-electron chi connectivity index (χ2n) is 3.32. The van der Waals surface area contributed by atoms with Gasteiger partial charge >= 0.3 is 0 Å². The van der Waals surface area contributed by atoms with Crippen LogP contribution < -0.4 is 10.3 Å². The molecule has 0 fully saturated rings. The summed E-state index contributed by atoms with van der Waals surface area (Å²) in [7, 11) is 0. The average Bonchev–Trinajstić information content (AvgIpc) is 2.37. The highest BCUT2D eigenvalue weighted by molar-refractivity contribution is 14.1. The van der Waals surface area contributed by atoms with Crippen LogP contribution in [0.3, 0.4) is 0 Å². The molecule has 0 aliphatic rings. The number of ether oxygens (including phenoxy) is 1. The van der Waals surface area contributed by atoms with Crippen LogP contribution >= 0.6 is 38.5 Å². The lowest BCUT2D eigenvalue weighted by Crippen LogP contribution is -2.11. The van der Waals surface area contributed by atoms with Gasteiger partial charge in [0.05, 0.1) is 21.8 Å². The Morgan fingerprint density at radius 2 is 2.21 bits per heavy atom. The molecular weight excluding hydrogens is 433 g/mol. The van der Waals surface area contributed by atoms with E-state index in [9.17, 15) is 14.9 Å². The largest absolute Gasteiger partial charge is 0.436 e. The van der Waals surface area contributed by atoms with Crippen molar-refractivity contribution in [2.24, 2.45) is 0 Å². The van der Waals surface area contributed by atoms with Crippen molar-refractivity contribution in [3.05, 3.63) is 53.0 Å². The number of hydrogen-bond donors (Lipinski definition) is 1. The zero-order chi connectivity index (χ0) is 14.0. The van der Waals surface area contributed by atoms with Gasteiger partial charge in [0.2, 0.25) is 5.88 Å². The summed E-state index contributed by atoms with van der Waals surface area (Å²) in [6, 6.07) is 4.09. The highest BCUT2D eigenvalue weighted by Crippen LogP contribution is 2.32. The van der Waals surface area contributed by atoms with Gasteiger partial charge in [-0.25, -0.2) is 4.98 Å². The fraction of sp³-hybridized carbons (Fsp3) is 0. The minimum absolute atomic E-state index is 0.0885. The summed E-state index contributed by atoms with van der Waals surface area (Å²) in [6.07, 6.45) is 1.20. The first kappa shape index (κ1) is 13.9. The molecule has 1 heterocycles. The van der Waals surface area contributed by atoms with Gasteiger partial charge in [-0.3, -0.25) is 14.9 Å². The van der Waals surface area contributed by atoms with Gasteiger partial charge in [0.25, 0.3) is 11.2 Å². The number of nitro groups is 1. The minimum Gasteiger partial charge on any atom is -0.436 e. The molecule has 0 atom stereocenters. The van der Waals surface area contributed by atoms with Crippen molar-refractivity contribution in [1.82, 2.24) is 9.97 Å². The first-order chi connectivity index (χ1) is 8.99. The van der Waals surface area contributed by atoms with Crippen molar-refractivity contribution < 1.29 is 9.66 Å². The highest BCUT2D eigenvalue weighted by Gasteiger charge is 2.14. The highest BCUT2D eigenvalue weighted by atomic mass is 127. The van der Waals surface area contributed by atoms with E-state index in [0.29, 0.717) is 4.47 Å². The molecule has 1 aromatic heterocycles. The van der Waals surface area contributed by atoms with E-state index in [-0.39, 0.29) is 26.4 Å². The smallest absolute Gasteiger partial charge is 0.273 e. The van der Waals surface area contributed by atoms with E-state index in [0.717, 1.165) is 0 Å². The Bertz CT molecular complexity index is 703. The molecule has 19 heavy (non-hydrogen) atoms. The topological polar surface area (TPSA) is 98.1 Å². The predicted molar refractivity (Wildman–Crippen MR) is 78.4 cm³/mol. The molecular formula is C10H5BrIN3O4. The summed E-state index contributed by atoms with van der Waals surface area (Å²) in [5.74, 6) is 0.302. The molecule has 2 rings (SSSR count). The third-order valence-corrected chi connectivity index (χ3v) is 3.70. The molecule has 0 aliphatic heterocycles. The Labute approximate surface area is 128 Å². The van der Waals surface area contributed by atoms with Crippen molar-refractivity contribution >= 4 is 44.2 Å². The molecule has 98 valence electrons. The number of aromatic amines is 1. The summed E-state index contributed by atoms with van der Waals surface area (Å²) >= 11 is 5.00. The molecule has 0 saturated carbocycles. The van der Waals surface area contributed by atoms with E-state index in [2.05, 4.69) is 25.9 Å². The van der Waals surface area contributed by atoms with Crippen LogP contribution in [0, 0.1) is 13.7 Å². The van der Waals surface area contributed by atoms with Crippen LogP contribution in [0.4, 0.5) is 5.69 Å². The number of nitro benzene ring substituents is 1. The molecule has 7 nitrogen and oxygen atoms in total. The van der Waals surface area contributed by atoms with Crippen molar-refractivity contribution in [2.75, 3.05) is 0 Å². The summed E-state index contributed by atoms with van der Waals surface area (Å²) < 4.78 is 6.21. The fourth-order valence-corrected chi connectivity index (χ4v) is 1.96. The number of benzene rings is 1. The first-order valence-electron chi connectivity index (χ1n) is 4.84. The molecule has 0 saturated heterocycles. The summed E-state index contributed by atoms with van der Waals surface area (Å²) in [6.45, 7) is 0. The zero-order valence-electron chi connectivity index (χ0n) is 9.09. The van der Waals surface area contributed by atoms with Gasteiger partial charge in [-0.1, -0.05) is 0 Å². The number of halogens is 2. The van der Waals surface area contributed by atoms with E-state index in [1.165, 1.54) is 24.5 Å². The van der Waals surface area contributed by atoms with Crippen molar-refractivity contribution in [3.63, 3.8) is 0 Å².